The molecule has 0 radical (unpaired) electrons. The highest BCUT2D eigenvalue weighted by atomic mass is 17.0. The molecule has 1 saturated carbocycles. The summed E-state index contributed by atoms with van der Waals surface area (Å²) in [5.41, 5.74) is 0. The van der Waals surface area contributed by atoms with Gasteiger partial charge in [-0.15, -0.1) is 10.0 Å². The van der Waals surface area contributed by atoms with Crippen molar-refractivity contribution in [3.63, 3.8) is 0 Å². The summed E-state index contributed by atoms with van der Waals surface area (Å²) in [4.78, 5) is 5.32. The van der Waals surface area contributed by atoms with Gasteiger partial charge in [0.2, 0.25) is 0 Å². The highest BCUT2D eigenvalue weighted by Crippen LogP contribution is 2.35. The minimum Gasteiger partial charge on any atom is -0.600 e. The number of nitrogens with zero attached hydrogens (tertiary/aromatic N) is 1. The number of rotatable bonds is 6. The lowest BCUT2D eigenvalue weighted by Gasteiger charge is -2.48. The number of hydroxylamine groups is 6. The molecule has 1 aliphatic heterocycles. The molecule has 2 rings (SSSR count). The summed E-state index contributed by atoms with van der Waals surface area (Å²) in [6, 6.07) is -1.15. The molecular formula is C14H29N3O4. The Hall–Kier alpha value is -0.280. The van der Waals surface area contributed by atoms with Crippen LogP contribution in [0.5, 0.6) is 0 Å². The molecule has 124 valence electrons. The van der Waals surface area contributed by atoms with Crippen LogP contribution in [0, 0.1) is 34.1 Å². The second-order valence-corrected chi connectivity index (χ2v) is 7.12. The van der Waals surface area contributed by atoms with E-state index in [0.29, 0.717) is 0 Å². The van der Waals surface area contributed by atoms with Gasteiger partial charge in [0.25, 0.3) is 0 Å². The number of nitrogens with one attached hydrogen (secondary N) is 2. The van der Waals surface area contributed by atoms with Crippen LogP contribution in [0.25, 0.3) is 0 Å². The van der Waals surface area contributed by atoms with Gasteiger partial charge in [0.15, 0.2) is 12.1 Å². The molecule has 7 nitrogen and oxygen atoms in total. The zero-order valence-corrected chi connectivity index (χ0v) is 13.4. The lowest BCUT2D eigenvalue weighted by molar-refractivity contribution is -1.14. The summed E-state index contributed by atoms with van der Waals surface area (Å²) >= 11 is 0. The van der Waals surface area contributed by atoms with Gasteiger partial charge in [-0.2, -0.15) is 5.23 Å². The zero-order chi connectivity index (χ0) is 15.7. The van der Waals surface area contributed by atoms with Crippen LogP contribution < -0.4 is 10.5 Å². The van der Waals surface area contributed by atoms with Crippen LogP contribution >= 0.6 is 0 Å². The van der Waals surface area contributed by atoms with E-state index in [0.717, 1.165) is 25.9 Å². The fourth-order valence-corrected chi connectivity index (χ4v) is 3.75. The molecule has 6 unspecified atom stereocenters. The first-order valence-corrected chi connectivity index (χ1v) is 8.02. The first-order chi connectivity index (χ1) is 9.82. The van der Waals surface area contributed by atoms with Crippen LogP contribution in [-0.2, 0) is 4.94 Å². The van der Waals surface area contributed by atoms with Crippen molar-refractivity contribution < 1.29 is 20.6 Å². The first-order valence-electron chi connectivity index (χ1n) is 8.02. The topological polar surface area (TPSA) is 87.5 Å². The number of hydrogen-bond donors (Lipinski definition) is 3. The highest BCUT2D eigenvalue weighted by molar-refractivity contribution is 4.90. The van der Waals surface area contributed by atoms with Gasteiger partial charge in [0.1, 0.15) is 0 Å². The SMILES string of the molecule is CC(C)C1CCC(C(C)C)C([NH+]([O-])ON2CC2)C1[NH+]([O-])O. The molecule has 0 aromatic rings. The highest BCUT2D eigenvalue weighted by Gasteiger charge is 2.51. The maximum atomic E-state index is 12.5. The normalized spacial score (nSPS) is 37.0. The summed E-state index contributed by atoms with van der Waals surface area (Å²) in [6.07, 6.45) is 1.79. The van der Waals surface area contributed by atoms with Crippen LogP contribution in [-0.4, -0.2) is 35.4 Å². The Morgan fingerprint density at radius 1 is 1.00 bits per heavy atom. The molecule has 7 heteroatoms. The van der Waals surface area contributed by atoms with Crippen molar-refractivity contribution in [3.05, 3.63) is 10.4 Å². The fourth-order valence-electron chi connectivity index (χ4n) is 3.75. The van der Waals surface area contributed by atoms with Crippen molar-refractivity contribution in [1.82, 2.24) is 5.06 Å². The van der Waals surface area contributed by atoms with E-state index in [2.05, 4.69) is 13.8 Å². The van der Waals surface area contributed by atoms with Crippen LogP contribution in [0.4, 0.5) is 0 Å². The molecule has 3 N–H and O–H groups in total. The number of hydrogen-bond acceptors (Lipinski definition) is 5. The molecule has 0 spiro atoms. The maximum absolute atomic E-state index is 12.5. The van der Waals surface area contributed by atoms with E-state index in [-0.39, 0.29) is 28.9 Å². The quantitative estimate of drug-likeness (QED) is 0.450. The zero-order valence-electron chi connectivity index (χ0n) is 13.4. The van der Waals surface area contributed by atoms with E-state index >= 15 is 0 Å². The summed E-state index contributed by atoms with van der Waals surface area (Å²) in [5, 5.41) is 34.5. The Morgan fingerprint density at radius 3 is 1.86 bits per heavy atom. The Kier molecular flexibility index (Phi) is 5.59. The van der Waals surface area contributed by atoms with E-state index in [1.54, 1.807) is 5.06 Å². The third-order valence-corrected chi connectivity index (χ3v) is 5.04. The second kappa shape index (κ2) is 6.87. The van der Waals surface area contributed by atoms with Gasteiger partial charge in [0, 0.05) is 24.9 Å². The summed E-state index contributed by atoms with van der Waals surface area (Å²) in [5.74, 6) is 0.681. The third kappa shape index (κ3) is 3.92. The van der Waals surface area contributed by atoms with Crippen molar-refractivity contribution in [2.75, 3.05) is 13.1 Å². The van der Waals surface area contributed by atoms with Gasteiger partial charge in [-0.3, -0.25) is 0 Å². The van der Waals surface area contributed by atoms with Crippen LogP contribution in [0.3, 0.4) is 0 Å². The molecule has 6 atom stereocenters. The minimum atomic E-state index is -0.855. The Bertz CT molecular complexity index is 336. The largest absolute Gasteiger partial charge is 0.600 e. The molecule has 1 heterocycles. The Balaban J connectivity index is 2.22. The molecule has 2 aliphatic rings. The predicted octanol–water partition coefficient (Wildman–Crippen LogP) is -0.621. The van der Waals surface area contributed by atoms with Gasteiger partial charge >= 0.3 is 0 Å². The molecule has 1 saturated heterocycles. The van der Waals surface area contributed by atoms with Gasteiger partial charge in [-0.05, 0) is 24.7 Å². The van der Waals surface area contributed by atoms with Gasteiger partial charge in [-0.1, -0.05) is 27.7 Å². The molecule has 0 bridgehead atoms. The van der Waals surface area contributed by atoms with E-state index in [1.807, 2.05) is 13.8 Å². The maximum Gasteiger partial charge on any atom is 0.177 e. The lowest BCUT2D eigenvalue weighted by Crippen LogP contribution is -3.23. The molecule has 0 aromatic carbocycles. The third-order valence-electron chi connectivity index (χ3n) is 5.04. The predicted molar refractivity (Wildman–Crippen MR) is 76.6 cm³/mol. The molecule has 21 heavy (non-hydrogen) atoms. The van der Waals surface area contributed by atoms with Crippen molar-refractivity contribution >= 4 is 0 Å². The van der Waals surface area contributed by atoms with E-state index in [4.69, 9.17) is 4.94 Å². The molecule has 1 aliphatic carbocycles. The fraction of sp³-hybridized carbons (Fsp3) is 1.00. The van der Waals surface area contributed by atoms with Crippen molar-refractivity contribution in [1.29, 1.82) is 0 Å². The minimum absolute atomic E-state index is 0.0456. The molecule has 2 fully saturated rings. The van der Waals surface area contributed by atoms with E-state index < -0.39 is 17.3 Å². The monoisotopic (exact) mass is 303 g/mol. The van der Waals surface area contributed by atoms with E-state index in [9.17, 15) is 15.6 Å². The van der Waals surface area contributed by atoms with Crippen LogP contribution in [0.15, 0.2) is 0 Å². The first kappa shape index (κ1) is 17.1. The standard InChI is InChI=1S/C14H29N3O4/c1-9(2)11-5-6-12(10(3)4)14(13(11)16(18)19)17(20)21-15-7-8-15/h9-14,16-18H,5-8H2,1-4H3. The Morgan fingerprint density at radius 2 is 1.48 bits per heavy atom. The van der Waals surface area contributed by atoms with E-state index in [1.165, 1.54) is 0 Å². The lowest BCUT2D eigenvalue weighted by atomic mass is 9.67. The number of quaternary nitrogens is 2. The molecule has 0 aromatic heterocycles. The van der Waals surface area contributed by atoms with Gasteiger partial charge in [0.05, 0.1) is 0 Å². The van der Waals surface area contributed by atoms with Crippen molar-refractivity contribution in [2.24, 2.45) is 23.7 Å². The van der Waals surface area contributed by atoms with Crippen LogP contribution in [0.1, 0.15) is 40.5 Å². The smallest absolute Gasteiger partial charge is 0.177 e. The summed E-state index contributed by atoms with van der Waals surface area (Å²) in [7, 11) is 0. The van der Waals surface area contributed by atoms with Crippen LogP contribution in [0.2, 0.25) is 0 Å². The molecular weight excluding hydrogens is 274 g/mol. The second-order valence-electron chi connectivity index (χ2n) is 7.12. The van der Waals surface area contributed by atoms with Crippen molar-refractivity contribution in [2.45, 2.75) is 52.6 Å². The summed E-state index contributed by atoms with van der Waals surface area (Å²) in [6.45, 7) is 9.74. The van der Waals surface area contributed by atoms with Gasteiger partial charge in [-0.25, -0.2) is 10.4 Å². The van der Waals surface area contributed by atoms with Crippen molar-refractivity contribution in [3.8, 4) is 0 Å². The summed E-state index contributed by atoms with van der Waals surface area (Å²) < 4.78 is 0. The molecule has 0 amide bonds. The average Bonchev–Trinajstić information content (AvgIpc) is 3.20. The van der Waals surface area contributed by atoms with Gasteiger partial charge < -0.3 is 10.4 Å². The average molecular weight is 303 g/mol. The Labute approximate surface area is 126 Å².